The summed E-state index contributed by atoms with van der Waals surface area (Å²) >= 11 is 3.53. The van der Waals surface area contributed by atoms with Gasteiger partial charge in [-0.1, -0.05) is 6.92 Å². The van der Waals surface area contributed by atoms with Crippen LogP contribution in [0, 0.1) is 0 Å². The third-order valence-electron chi connectivity index (χ3n) is 3.16. The molecule has 2 unspecified atom stereocenters. The molecule has 0 saturated carbocycles. The Bertz CT molecular complexity index is 361. The molecule has 2 rings (SSSR count). The van der Waals surface area contributed by atoms with E-state index in [1.54, 1.807) is 0 Å². The van der Waals surface area contributed by atoms with Crippen LogP contribution in [0.25, 0.3) is 0 Å². The van der Waals surface area contributed by atoms with Crippen LogP contribution in [-0.2, 0) is 11.3 Å². The summed E-state index contributed by atoms with van der Waals surface area (Å²) in [5.41, 5.74) is 7.38. The molecule has 1 aromatic rings. The first kappa shape index (κ1) is 13.1. The highest BCUT2D eigenvalue weighted by Gasteiger charge is 2.23. The van der Waals surface area contributed by atoms with Gasteiger partial charge >= 0.3 is 0 Å². The van der Waals surface area contributed by atoms with Crippen LogP contribution in [0.1, 0.15) is 44.3 Å². The molecule has 0 bridgehead atoms. The molecule has 5 heteroatoms. The number of nitrogens with two attached hydrogens (primary N) is 1. The monoisotopic (exact) mass is 301 g/mol. The van der Waals surface area contributed by atoms with Crippen molar-refractivity contribution in [2.45, 2.75) is 51.3 Å². The number of ether oxygens (including phenoxy) is 1. The van der Waals surface area contributed by atoms with E-state index in [1.807, 2.05) is 10.9 Å². The van der Waals surface area contributed by atoms with E-state index in [4.69, 9.17) is 10.5 Å². The molecule has 0 aliphatic carbocycles. The van der Waals surface area contributed by atoms with Gasteiger partial charge < -0.3 is 10.5 Å². The van der Waals surface area contributed by atoms with Gasteiger partial charge in [0.05, 0.1) is 28.5 Å². The van der Waals surface area contributed by atoms with Crippen LogP contribution in [-0.4, -0.2) is 22.5 Å². The number of halogens is 1. The number of aryl methyl sites for hydroxylation is 1. The summed E-state index contributed by atoms with van der Waals surface area (Å²) in [6.45, 7) is 3.94. The summed E-state index contributed by atoms with van der Waals surface area (Å²) in [5.74, 6) is 0. The first-order valence-electron chi connectivity index (χ1n) is 6.30. The van der Waals surface area contributed by atoms with E-state index in [-0.39, 0.29) is 6.04 Å². The largest absolute Gasteiger partial charge is 0.378 e. The van der Waals surface area contributed by atoms with Gasteiger partial charge in [0.15, 0.2) is 0 Å². The molecule has 17 heavy (non-hydrogen) atoms. The summed E-state index contributed by atoms with van der Waals surface area (Å²) < 4.78 is 8.65. The first-order valence-corrected chi connectivity index (χ1v) is 7.10. The molecule has 2 N–H and O–H groups in total. The van der Waals surface area contributed by atoms with Gasteiger partial charge in [0.25, 0.3) is 0 Å². The molecular formula is C12H20BrN3O. The van der Waals surface area contributed by atoms with Crippen LogP contribution in [0.3, 0.4) is 0 Å². The predicted molar refractivity (Wildman–Crippen MR) is 70.7 cm³/mol. The van der Waals surface area contributed by atoms with Crippen molar-refractivity contribution in [3.8, 4) is 0 Å². The molecule has 0 radical (unpaired) electrons. The molecule has 1 aliphatic heterocycles. The Kier molecular flexibility index (Phi) is 4.59. The van der Waals surface area contributed by atoms with Crippen molar-refractivity contribution in [1.29, 1.82) is 0 Å². The maximum absolute atomic E-state index is 6.28. The molecule has 0 aromatic carbocycles. The standard InChI is InChI=1S/C12H20BrN3O/c1-2-5-16-12(10(13)8-15-16)11(14)7-9-4-3-6-17-9/h8-9,11H,2-7,14H2,1H3. The molecule has 0 spiro atoms. The van der Waals surface area contributed by atoms with Crippen molar-refractivity contribution in [3.63, 3.8) is 0 Å². The van der Waals surface area contributed by atoms with Crippen LogP contribution in [0.4, 0.5) is 0 Å². The van der Waals surface area contributed by atoms with Gasteiger partial charge in [-0.25, -0.2) is 0 Å². The highest BCUT2D eigenvalue weighted by Crippen LogP contribution is 2.28. The molecule has 1 fully saturated rings. The van der Waals surface area contributed by atoms with Gasteiger partial charge in [-0.15, -0.1) is 0 Å². The zero-order chi connectivity index (χ0) is 12.3. The average Bonchev–Trinajstić information content (AvgIpc) is 2.89. The molecule has 1 aromatic heterocycles. The number of hydrogen-bond donors (Lipinski definition) is 1. The fourth-order valence-electron chi connectivity index (χ4n) is 2.36. The van der Waals surface area contributed by atoms with Gasteiger partial charge in [0.1, 0.15) is 0 Å². The highest BCUT2D eigenvalue weighted by molar-refractivity contribution is 9.10. The molecule has 2 atom stereocenters. The van der Waals surface area contributed by atoms with Crippen molar-refractivity contribution in [2.75, 3.05) is 6.61 Å². The van der Waals surface area contributed by atoms with Crippen molar-refractivity contribution in [3.05, 3.63) is 16.4 Å². The predicted octanol–water partition coefficient (Wildman–Crippen LogP) is 2.62. The fraction of sp³-hybridized carbons (Fsp3) is 0.750. The van der Waals surface area contributed by atoms with Crippen LogP contribution in [0.5, 0.6) is 0 Å². The summed E-state index contributed by atoms with van der Waals surface area (Å²) in [4.78, 5) is 0. The van der Waals surface area contributed by atoms with Crippen molar-refractivity contribution < 1.29 is 4.74 Å². The lowest BCUT2D eigenvalue weighted by molar-refractivity contribution is 0.0975. The third kappa shape index (κ3) is 3.09. The average molecular weight is 302 g/mol. The SMILES string of the molecule is CCCn1ncc(Br)c1C(N)CC1CCCO1. The number of aromatic nitrogens is 2. The molecule has 1 saturated heterocycles. The normalized spacial score (nSPS) is 21.9. The van der Waals surface area contributed by atoms with E-state index in [2.05, 4.69) is 28.0 Å². The first-order chi connectivity index (χ1) is 8.22. The Labute approximate surface area is 111 Å². The summed E-state index contributed by atoms with van der Waals surface area (Å²) in [7, 11) is 0. The molecule has 96 valence electrons. The lowest BCUT2D eigenvalue weighted by atomic mass is 10.0. The van der Waals surface area contributed by atoms with Crippen molar-refractivity contribution in [1.82, 2.24) is 9.78 Å². The Morgan fingerprint density at radius 3 is 3.18 bits per heavy atom. The van der Waals surface area contributed by atoms with Gasteiger partial charge in [0, 0.05) is 13.2 Å². The quantitative estimate of drug-likeness (QED) is 0.909. The number of rotatable bonds is 5. The summed E-state index contributed by atoms with van der Waals surface area (Å²) in [6.07, 6.45) is 6.39. The minimum Gasteiger partial charge on any atom is -0.378 e. The Balaban J connectivity index is 2.05. The van der Waals surface area contributed by atoms with E-state index in [0.29, 0.717) is 6.10 Å². The number of nitrogens with zero attached hydrogens (tertiary/aromatic N) is 2. The third-order valence-corrected chi connectivity index (χ3v) is 3.77. The second kappa shape index (κ2) is 5.98. The Morgan fingerprint density at radius 1 is 1.71 bits per heavy atom. The van der Waals surface area contributed by atoms with Crippen LogP contribution < -0.4 is 5.73 Å². The van der Waals surface area contributed by atoms with Gasteiger partial charge in [-0.3, -0.25) is 4.68 Å². The molecular weight excluding hydrogens is 282 g/mol. The Hall–Kier alpha value is -0.390. The molecule has 4 nitrogen and oxygen atoms in total. The summed E-state index contributed by atoms with van der Waals surface area (Å²) in [6, 6.07) is 0.00141. The van der Waals surface area contributed by atoms with E-state index in [0.717, 1.165) is 49.0 Å². The zero-order valence-electron chi connectivity index (χ0n) is 10.2. The minimum absolute atomic E-state index is 0.00141. The van der Waals surface area contributed by atoms with Crippen molar-refractivity contribution in [2.24, 2.45) is 5.73 Å². The fourth-order valence-corrected chi connectivity index (χ4v) is 2.95. The minimum atomic E-state index is 0.00141. The second-order valence-corrected chi connectivity index (χ2v) is 5.43. The van der Waals surface area contributed by atoms with Crippen molar-refractivity contribution >= 4 is 15.9 Å². The van der Waals surface area contributed by atoms with Gasteiger partial charge in [0.2, 0.25) is 0 Å². The van der Waals surface area contributed by atoms with E-state index >= 15 is 0 Å². The molecule has 1 aliphatic rings. The molecule has 0 amide bonds. The smallest absolute Gasteiger partial charge is 0.0694 e. The lowest BCUT2D eigenvalue weighted by Crippen LogP contribution is -2.22. The van der Waals surface area contributed by atoms with E-state index in [9.17, 15) is 0 Å². The number of hydrogen-bond acceptors (Lipinski definition) is 3. The topological polar surface area (TPSA) is 53.1 Å². The maximum atomic E-state index is 6.28. The Morgan fingerprint density at radius 2 is 2.53 bits per heavy atom. The van der Waals surface area contributed by atoms with E-state index in [1.165, 1.54) is 0 Å². The lowest BCUT2D eigenvalue weighted by Gasteiger charge is -2.18. The molecule has 2 heterocycles. The van der Waals surface area contributed by atoms with Gasteiger partial charge in [-0.05, 0) is 41.6 Å². The van der Waals surface area contributed by atoms with Crippen LogP contribution in [0.15, 0.2) is 10.7 Å². The second-order valence-electron chi connectivity index (χ2n) is 4.58. The van der Waals surface area contributed by atoms with Crippen LogP contribution >= 0.6 is 15.9 Å². The van der Waals surface area contributed by atoms with Gasteiger partial charge in [-0.2, -0.15) is 5.10 Å². The maximum Gasteiger partial charge on any atom is 0.0694 e. The highest BCUT2D eigenvalue weighted by atomic mass is 79.9. The zero-order valence-corrected chi connectivity index (χ0v) is 11.8. The van der Waals surface area contributed by atoms with Crippen LogP contribution in [0.2, 0.25) is 0 Å². The summed E-state index contributed by atoms with van der Waals surface area (Å²) in [5, 5.41) is 4.35. The van der Waals surface area contributed by atoms with E-state index < -0.39 is 0 Å².